The molecule has 0 heterocycles. The van der Waals surface area contributed by atoms with Crippen LogP contribution in [0.15, 0.2) is 35.3 Å². The SMILES string of the molecule is CC.CC(=O)C(C)=O.CCC(C)CC(C)=O.CCCCC(C(C)=O)c1ccccc1.CCCCC=NC. The fraction of sp³-hybridized carbons (Fsp3) is 0.656. The van der Waals surface area contributed by atoms with E-state index < -0.39 is 0 Å². The summed E-state index contributed by atoms with van der Waals surface area (Å²) in [5.74, 6) is 0.512. The first-order valence-electron chi connectivity index (χ1n) is 13.9. The van der Waals surface area contributed by atoms with E-state index in [0.29, 0.717) is 11.7 Å². The first-order chi connectivity index (χ1) is 17.5. The van der Waals surface area contributed by atoms with Crippen LogP contribution in [0.5, 0.6) is 0 Å². The third kappa shape index (κ3) is 33.6. The highest BCUT2D eigenvalue weighted by molar-refractivity contribution is 6.35. The van der Waals surface area contributed by atoms with Crippen LogP contribution in [0.1, 0.15) is 132 Å². The number of carbonyl (C=O) groups excluding carboxylic acids is 4. The molecule has 0 fully saturated rings. The third-order valence-corrected chi connectivity index (χ3v) is 5.24. The average Bonchev–Trinajstić information content (AvgIpc) is 2.87. The summed E-state index contributed by atoms with van der Waals surface area (Å²) in [4.78, 5) is 45.3. The zero-order valence-corrected chi connectivity index (χ0v) is 25.9. The van der Waals surface area contributed by atoms with Gasteiger partial charge in [-0.25, -0.2) is 0 Å². The number of carbonyl (C=O) groups is 4. The van der Waals surface area contributed by atoms with Crippen molar-refractivity contribution in [2.45, 2.75) is 127 Å². The van der Waals surface area contributed by atoms with Crippen molar-refractivity contribution in [3.63, 3.8) is 0 Å². The first kappa shape index (κ1) is 41.7. The largest absolute Gasteiger partial charge is 0.301 e. The maximum atomic E-state index is 11.5. The summed E-state index contributed by atoms with van der Waals surface area (Å²) in [5.41, 5.74) is 1.16. The monoisotopic (exact) mass is 519 g/mol. The Morgan fingerprint density at radius 3 is 1.62 bits per heavy atom. The van der Waals surface area contributed by atoms with Crippen LogP contribution < -0.4 is 0 Å². The number of benzene rings is 1. The van der Waals surface area contributed by atoms with Gasteiger partial charge in [0.2, 0.25) is 0 Å². The van der Waals surface area contributed by atoms with Gasteiger partial charge in [0.1, 0.15) is 11.6 Å². The van der Waals surface area contributed by atoms with Crippen molar-refractivity contribution in [3.05, 3.63) is 35.9 Å². The number of hydrogen-bond donors (Lipinski definition) is 0. The number of Topliss-reactive ketones (excluding diaryl/α,β-unsaturated/α-hetero) is 4. The molecular formula is C32H57NO4. The molecule has 1 aromatic carbocycles. The van der Waals surface area contributed by atoms with Crippen LogP contribution in [0.2, 0.25) is 0 Å². The fourth-order valence-electron chi connectivity index (χ4n) is 2.76. The zero-order chi connectivity index (χ0) is 29.6. The number of rotatable bonds is 12. The summed E-state index contributed by atoms with van der Waals surface area (Å²) in [6.07, 6.45) is 10.8. The van der Waals surface area contributed by atoms with Crippen LogP contribution in [0, 0.1) is 5.92 Å². The second kappa shape index (κ2) is 31.6. The Labute approximate surface area is 228 Å². The molecule has 0 saturated heterocycles. The average molecular weight is 520 g/mol. The van der Waals surface area contributed by atoms with Gasteiger partial charge in [-0.2, -0.15) is 0 Å². The lowest BCUT2D eigenvalue weighted by Gasteiger charge is -2.13. The van der Waals surface area contributed by atoms with Gasteiger partial charge in [-0.3, -0.25) is 14.4 Å². The van der Waals surface area contributed by atoms with Gasteiger partial charge in [0.25, 0.3) is 0 Å². The van der Waals surface area contributed by atoms with Crippen LogP contribution in [-0.4, -0.2) is 36.4 Å². The summed E-state index contributed by atoms with van der Waals surface area (Å²) in [7, 11) is 1.82. The van der Waals surface area contributed by atoms with E-state index in [2.05, 4.69) is 32.7 Å². The van der Waals surface area contributed by atoms with Gasteiger partial charge in [0, 0.05) is 33.2 Å². The second-order valence-corrected chi connectivity index (χ2v) is 8.83. The minimum atomic E-state index is -0.380. The maximum absolute atomic E-state index is 11.5. The second-order valence-electron chi connectivity index (χ2n) is 8.83. The highest BCUT2D eigenvalue weighted by Crippen LogP contribution is 2.22. The molecule has 214 valence electrons. The molecule has 0 radical (unpaired) electrons. The van der Waals surface area contributed by atoms with E-state index in [1.54, 1.807) is 13.8 Å². The Hall–Kier alpha value is -2.43. The number of aliphatic imine (C=N–C) groups is 1. The van der Waals surface area contributed by atoms with E-state index in [0.717, 1.165) is 44.1 Å². The van der Waals surface area contributed by atoms with E-state index in [-0.39, 0.29) is 23.3 Å². The van der Waals surface area contributed by atoms with Gasteiger partial charge in [0.05, 0.1) is 0 Å². The van der Waals surface area contributed by atoms with Crippen LogP contribution in [0.4, 0.5) is 0 Å². The van der Waals surface area contributed by atoms with Crippen molar-refractivity contribution in [2.24, 2.45) is 10.9 Å². The Kier molecular flexibility index (Phi) is 35.6. The highest BCUT2D eigenvalue weighted by Gasteiger charge is 2.15. The fourth-order valence-corrected chi connectivity index (χ4v) is 2.76. The van der Waals surface area contributed by atoms with Gasteiger partial charge in [-0.05, 0) is 50.8 Å². The lowest BCUT2D eigenvalue weighted by atomic mass is 9.90. The lowest BCUT2D eigenvalue weighted by molar-refractivity contribution is -0.134. The summed E-state index contributed by atoms with van der Waals surface area (Å²) >= 11 is 0. The van der Waals surface area contributed by atoms with Gasteiger partial charge in [-0.1, -0.05) is 97.6 Å². The van der Waals surface area contributed by atoms with Crippen LogP contribution in [0.25, 0.3) is 0 Å². The molecule has 5 heteroatoms. The maximum Gasteiger partial charge on any atom is 0.195 e. The van der Waals surface area contributed by atoms with Crippen molar-refractivity contribution in [1.29, 1.82) is 0 Å². The molecule has 1 aromatic rings. The minimum Gasteiger partial charge on any atom is -0.301 e. The molecular weight excluding hydrogens is 462 g/mol. The van der Waals surface area contributed by atoms with Crippen molar-refractivity contribution < 1.29 is 19.2 Å². The topological polar surface area (TPSA) is 80.6 Å². The van der Waals surface area contributed by atoms with Gasteiger partial charge < -0.3 is 9.79 Å². The number of hydrogen-bond acceptors (Lipinski definition) is 5. The van der Waals surface area contributed by atoms with E-state index in [1.165, 1.54) is 26.7 Å². The smallest absolute Gasteiger partial charge is 0.195 e. The van der Waals surface area contributed by atoms with E-state index in [9.17, 15) is 19.2 Å². The van der Waals surface area contributed by atoms with Crippen molar-refractivity contribution in [3.8, 4) is 0 Å². The highest BCUT2D eigenvalue weighted by atomic mass is 16.2. The molecule has 2 atom stereocenters. The normalized spacial score (nSPS) is 11.0. The molecule has 0 aliphatic heterocycles. The molecule has 2 unspecified atom stereocenters. The molecule has 0 aromatic heterocycles. The summed E-state index contributed by atoms with van der Waals surface area (Å²) in [6, 6.07) is 10.1. The van der Waals surface area contributed by atoms with Gasteiger partial charge in [-0.15, -0.1) is 0 Å². The van der Waals surface area contributed by atoms with Gasteiger partial charge in [0.15, 0.2) is 11.6 Å². The number of nitrogens with zero attached hydrogens (tertiary/aromatic N) is 1. The Morgan fingerprint density at radius 1 is 0.838 bits per heavy atom. The van der Waals surface area contributed by atoms with Gasteiger partial charge >= 0.3 is 0 Å². The molecule has 0 aliphatic rings. The number of unbranched alkanes of at least 4 members (excludes halogenated alkanes) is 3. The predicted molar refractivity (Wildman–Crippen MR) is 161 cm³/mol. The molecule has 0 amide bonds. The van der Waals surface area contributed by atoms with Crippen molar-refractivity contribution >= 4 is 29.3 Å². The molecule has 5 nitrogen and oxygen atoms in total. The Bertz CT molecular complexity index is 699. The molecule has 0 aliphatic carbocycles. The molecule has 0 N–H and O–H groups in total. The molecule has 0 saturated carbocycles. The zero-order valence-electron chi connectivity index (χ0n) is 25.9. The van der Waals surface area contributed by atoms with E-state index in [4.69, 9.17) is 0 Å². The predicted octanol–water partition coefficient (Wildman–Crippen LogP) is 8.63. The van der Waals surface area contributed by atoms with E-state index >= 15 is 0 Å². The van der Waals surface area contributed by atoms with Crippen molar-refractivity contribution in [2.75, 3.05) is 7.05 Å². The van der Waals surface area contributed by atoms with Crippen LogP contribution in [0.3, 0.4) is 0 Å². The third-order valence-electron chi connectivity index (χ3n) is 5.24. The summed E-state index contributed by atoms with van der Waals surface area (Å²) < 4.78 is 0. The lowest BCUT2D eigenvalue weighted by Crippen LogP contribution is -2.08. The minimum absolute atomic E-state index is 0.108. The quantitative estimate of drug-likeness (QED) is 0.157. The Balaban J connectivity index is -0.000000205. The summed E-state index contributed by atoms with van der Waals surface area (Å²) in [6.45, 7) is 18.4. The molecule has 0 spiro atoms. The van der Waals surface area contributed by atoms with E-state index in [1.807, 2.05) is 57.4 Å². The molecule has 0 bridgehead atoms. The first-order valence-corrected chi connectivity index (χ1v) is 13.9. The summed E-state index contributed by atoms with van der Waals surface area (Å²) in [5, 5.41) is 0. The molecule has 1 rings (SSSR count). The van der Waals surface area contributed by atoms with Crippen LogP contribution in [-0.2, 0) is 19.2 Å². The van der Waals surface area contributed by atoms with Crippen molar-refractivity contribution in [1.82, 2.24) is 0 Å². The Morgan fingerprint density at radius 2 is 1.32 bits per heavy atom. The van der Waals surface area contributed by atoms with Crippen LogP contribution >= 0.6 is 0 Å². The number of ketones is 4. The standard InChI is InChI=1S/C13H18O.C7H14O.C6H13N.C4H6O2.C2H6/c1-3-4-10-13(11(2)14)12-8-6-5-7-9-12;1-4-6(2)5-7(3)8;1-3-4-5-6-7-2;1-3(5)4(2)6;1-2/h5-9,13H,3-4,10H2,1-2H3;6H,4-5H2,1-3H3;6H,3-5H2,1-2H3;1-2H3;1-2H3. The molecule has 37 heavy (non-hydrogen) atoms.